The van der Waals surface area contributed by atoms with Crippen molar-refractivity contribution in [3.8, 4) is 0 Å². The SMILES string of the molecule is NC(=O)NC(C(=O)N[C@@H]1C(=O)N2C(C(=O)O)=C(CSc3cn[nH]n3)CSC12)c1cccs1. The number of H-pyrrole nitrogens is 1. The molecule has 15 heteroatoms. The molecule has 0 spiro atoms. The highest BCUT2D eigenvalue weighted by atomic mass is 32.2. The zero-order valence-electron chi connectivity index (χ0n) is 16.2. The van der Waals surface area contributed by atoms with Gasteiger partial charge in [-0.15, -0.1) is 28.2 Å². The van der Waals surface area contributed by atoms with Crippen LogP contribution >= 0.6 is 34.9 Å². The number of nitrogens with zero attached hydrogens (tertiary/aromatic N) is 3. The number of thioether (sulfide) groups is 2. The van der Waals surface area contributed by atoms with Crippen molar-refractivity contribution < 1.29 is 24.3 Å². The molecule has 168 valence electrons. The van der Waals surface area contributed by atoms with Crippen molar-refractivity contribution in [2.45, 2.75) is 22.5 Å². The number of urea groups is 1. The van der Waals surface area contributed by atoms with Gasteiger partial charge in [0.25, 0.3) is 5.91 Å². The van der Waals surface area contributed by atoms with Gasteiger partial charge in [0, 0.05) is 16.4 Å². The smallest absolute Gasteiger partial charge is 0.352 e. The first-order chi connectivity index (χ1) is 15.4. The summed E-state index contributed by atoms with van der Waals surface area (Å²) in [5.41, 5.74) is 5.69. The average molecular weight is 496 g/mol. The molecule has 32 heavy (non-hydrogen) atoms. The summed E-state index contributed by atoms with van der Waals surface area (Å²) >= 11 is 3.92. The van der Waals surface area contributed by atoms with E-state index in [2.05, 4.69) is 26.0 Å². The predicted octanol–water partition coefficient (Wildman–Crippen LogP) is 0.107. The van der Waals surface area contributed by atoms with Gasteiger partial charge in [-0.25, -0.2) is 9.59 Å². The van der Waals surface area contributed by atoms with E-state index in [-0.39, 0.29) is 5.70 Å². The van der Waals surface area contributed by atoms with Crippen molar-refractivity contribution in [2.75, 3.05) is 11.5 Å². The molecule has 0 saturated carbocycles. The molecule has 6 N–H and O–H groups in total. The maximum Gasteiger partial charge on any atom is 0.352 e. The first-order valence-corrected chi connectivity index (χ1v) is 12.1. The van der Waals surface area contributed by atoms with Gasteiger partial charge in [-0.3, -0.25) is 14.5 Å². The van der Waals surface area contributed by atoms with Gasteiger partial charge in [-0.05, 0) is 17.0 Å². The Balaban J connectivity index is 1.48. The summed E-state index contributed by atoms with van der Waals surface area (Å²) < 4.78 is 0. The zero-order chi connectivity index (χ0) is 22.8. The fourth-order valence-electron chi connectivity index (χ4n) is 3.32. The fraction of sp³-hybridized carbons (Fsp3) is 0.294. The lowest BCUT2D eigenvalue weighted by Gasteiger charge is -2.49. The molecule has 1 fully saturated rings. The lowest BCUT2D eigenvalue weighted by molar-refractivity contribution is -0.150. The second-order valence-corrected chi connectivity index (χ2v) is 9.79. The van der Waals surface area contributed by atoms with Crippen molar-refractivity contribution in [3.63, 3.8) is 0 Å². The number of β-lactam (4-membered cyclic amide) rings is 1. The van der Waals surface area contributed by atoms with Gasteiger partial charge in [0.15, 0.2) is 0 Å². The van der Waals surface area contributed by atoms with Gasteiger partial charge in [0.1, 0.15) is 28.2 Å². The summed E-state index contributed by atoms with van der Waals surface area (Å²) in [6.07, 6.45) is 1.52. The maximum absolute atomic E-state index is 12.8. The third-order valence-electron chi connectivity index (χ3n) is 4.71. The molecular formula is C17H17N7O5S3. The molecule has 4 heterocycles. The van der Waals surface area contributed by atoms with E-state index in [0.29, 0.717) is 27.0 Å². The van der Waals surface area contributed by atoms with Crippen LogP contribution in [-0.2, 0) is 14.4 Å². The molecule has 0 bridgehead atoms. The van der Waals surface area contributed by atoms with E-state index >= 15 is 0 Å². The molecule has 2 aliphatic heterocycles. The van der Waals surface area contributed by atoms with Crippen molar-refractivity contribution in [1.29, 1.82) is 0 Å². The number of thiophene rings is 1. The normalized spacial score (nSPS) is 20.9. The minimum absolute atomic E-state index is 0.0784. The topological polar surface area (TPSA) is 183 Å². The predicted molar refractivity (Wildman–Crippen MR) is 117 cm³/mol. The number of carboxylic acid groups (broad SMARTS) is 1. The molecule has 1 saturated heterocycles. The Morgan fingerprint density at radius 1 is 1.44 bits per heavy atom. The third kappa shape index (κ3) is 4.31. The number of carbonyl (C=O) groups is 4. The molecule has 2 unspecified atom stereocenters. The molecule has 2 aromatic rings. The number of nitrogens with two attached hydrogens (primary N) is 1. The number of aromatic amines is 1. The lowest BCUT2D eigenvalue weighted by Crippen LogP contribution is -2.71. The van der Waals surface area contributed by atoms with Gasteiger partial charge in [0.2, 0.25) is 5.91 Å². The quantitative estimate of drug-likeness (QED) is 0.250. The van der Waals surface area contributed by atoms with Crippen LogP contribution in [0.2, 0.25) is 0 Å². The number of rotatable bonds is 8. The molecule has 3 atom stereocenters. The van der Waals surface area contributed by atoms with Gasteiger partial charge in [-0.1, -0.05) is 17.8 Å². The fourth-order valence-corrected chi connectivity index (χ4v) is 6.36. The molecule has 0 aromatic carbocycles. The van der Waals surface area contributed by atoms with Crippen LogP contribution in [0.15, 0.2) is 40.0 Å². The van der Waals surface area contributed by atoms with E-state index in [1.54, 1.807) is 17.5 Å². The minimum atomic E-state index is -1.21. The van der Waals surface area contributed by atoms with Crippen LogP contribution in [0.3, 0.4) is 0 Å². The van der Waals surface area contributed by atoms with Crippen molar-refractivity contribution in [1.82, 2.24) is 30.9 Å². The Bertz CT molecular complexity index is 1070. The number of amides is 4. The Labute approximate surface area is 193 Å². The number of hydrogen-bond acceptors (Lipinski definition) is 9. The van der Waals surface area contributed by atoms with Gasteiger partial charge >= 0.3 is 12.0 Å². The van der Waals surface area contributed by atoms with Gasteiger partial charge in [-0.2, -0.15) is 10.3 Å². The minimum Gasteiger partial charge on any atom is -0.477 e. The standard InChI is InChI=1S/C17H17N7O5S3/c18-17(29)21-10(8-2-1-3-30-8)13(25)20-11-14(26)24-12(16(27)28)7(6-32-15(11)24)5-31-9-4-19-23-22-9/h1-4,10-11,15H,5-6H2,(H,20,25)(H,27,28)(H3,18,21,29)(H,19,22,23)/t10?,11-,15?/m1/s1. The number of primary amides is 1. The Hall–Kier alpha value is -3.04. The molecule has 4 amide bonds. The number of hydrogen-bond donors (Lipinski definition) is 5. The molecule has 12 nitrogen and oxygen atoms in total. The molecule has 4 rings (SSSR count). The van der Waals surface area contributed by atoms with E-state index in [1.165, 1.54) is 46.0 Å². The molecular weight excluding hydrogens is 478 g/mol. The van der Waals surface area contributed by atoms with E-state index in [4.69, 9.17) is 5.73 Å². The molecule has 0 aliphatic carbocycles. The van der Waals surface area contributed by atoms with E-state index in [9.17, 15) is 24.3 Å². The number of aromatic nitrogens is 3. The molecule has 0 radical (unpaired) electrons. The lowest BCUT2D eigenvalue weighted by atomic mass is 10.0. The van der Waals surface area contributed by atoms with E-state index in [1.807, 2.05) is 0 Å². The number of aliphatic carboxylic acids is 1. The van der Waals surface area contributed by atoms with Crippen LogP contribution in [0.1, 0.15) is 10.9 Å². The summed E-state index contributed by atoms with van der Waals surface area (Å²) in [6.45, 7) is 0. The first kappa shape index (κ1) is 22.2. The summed E-state index contributed by atoms with van der Waals surface area (Å²) in [5.74, 6) is -1.63. The summed E-state index contributed by atoms with van der Waals surface area (Å²) in [4.78, 5) is 50.6. The summed E-state index contributed by atoms with van der Waals surface area (Å²) in [6, 6.07) is 0.547. The highest BCUT2D eigenvalue weighted by Crippen LogP contribution is 2.41. The Morgan fingerprint density at radius 3 is 2.88 bits per heavy atom. The second kappa shape index (κ2) is 9.22. The largest absolute Gasteiger partial charge is 0.477 e. The van der Waals surface area contributed by atoms with Crippen molar-refractivity contribution in [2.24, 2.45) is 5.73 Å². The first-order valence-electron chi connectivity index (χ1n) is 9.15. The highest BCUT2D eigenvalue weighted by molar-refractivity contribution is 8.01. The summed E-state index contributed by atoms with van der Waals surface area (Å²) in [7, 11) is 0. The van der Waals surface area contributed by atoms with Crippen LogP contribution in [-0.4, -0.2) is 72.2 Å². The zero-order valence-corrected chi connectivity index (χ0v) is 18.6. The van der Waals surface area contributed by atoms with Crippen molar-refractivity contribution in [3.05, 3.63) is 39.9 Å². The van der Waals surface area contributed by atoms with Crippen LogP contribution in [0.5, 0.6) is 0 Å². The van der Waals surface area contributed by atoms with Crippen LogP contribution in [0.4, 0.5) is 4.79 Å². The number of nitrogens with one attached hydrogen (secondary N) is 3. The maximum atomic E-state index is 12.8. The Morgan fingerprint density at radius 2 is 2.25 bits per heavy atom. The summed E-state index contributed by atoms with van der Waals surface area (Å²) in [5, 5.41) is 26.6. The van der Waals surface area contributed by atoms with Crippen LogP contribution < -0.4 is 16.4 Å². The number of carboxylic acids is 1. The molecule has 2 aliphatic rings. The van der Waals surface area contributed by atoms with E-state index in [0.717, 1.165) is 0 Å². The van der Waals surface area contributed by atoms with Crippen molar-refractivity contribution >= 4 is 58.7 Å². The van der Waals surface area contributed by atoms with E-state index < -0.39 is 41.3 Å². The van der Waals surface area contributed by atoms with Crippen LogP contribution in [0.25, 0.3) is 0 Å². The van der Waals surface area contributed by atoms with Gasteiger partial charge in [0.05, 0.1) is 6.20 Å². The Kier molecular flexibility index (Phi) is 6.38. The molecule has 2 aromatic heterocycles. The number of fused-ring (bicyclic) bond motifs is 1. The average Bonchev–Trinajstić information content (AvgIpc) is 3.47. The van der Waals surface area contributed by atoms with Gasteiger partial charge < -0.3 is 21.5 Å². The number of carbonyl (C=O) groups excluding carboxylic acids is 3. The highest BCUT2D eigenvalue weighted by Gasteiger charge is 2.54. The monoisotopic (exact) mass is 495 g/mol. The second-order valence-electron chi connectivity index (χ2n) is 6.71. The third-order valence-corrected chi connectivity index (χ3v) is 7.97. The van der Waals surface area contributed by atoms with Crippen LogP contribution in [0, 0.1) is 0 Å².